The summed E-state index contributed by atoms with van der Waals surface area (Å²) >= 11 is 4.18. The molecule has 18 nitrogen and oxygen atoms in total. The molecule has 2 N–H and O–H groups in total. The average molecular weight is 1360 g/mol. The minimum absolute atomic E-state index is 0.0188. The van der Waals surface area contributed by atoms with Gasteiger partial charge in [0, 0.05) is 104 Å². The minimum Gasteiger partial charge on any atom is -0.376 e. The van der Waals surface area contributed by atoms with Crippen molar-refractivity contribution < 1.29 is 43.0 Å². The normalized spacial score (nSPS) is 46.7. The SMILES string of the molecule is CC(=O)C1C2C3CCC(C3)C2CN1C.CC(=O)C1C2C3CCC(N3)C2CN1C.CC(=O)C1C2C3CCC(O3)C2CN1C.CC(=O)C1C2C3CCC(S3)C2CN1C.CC(=O)C1C2NCCCC2CN1C.CC(=O)C1C2OCCCC2CN1C.CC(=O)C1C2SCCCC2CN1C. The Morgan fingerprint density at radius 1 is 0.389 bits per heavy atom. The molecule has 2 saturated carbocycles. The summed E-state index contributed by atoms with van der Waals surface area (Å²) in [6.07, 6.45) is 20.6. The number of likely N-dealkylation sites (N-methyl/N-ethyl adjacent to an activating group) is 7. The molecule has 0 aromatic heterocycles. The highest BCUT2D eigenvalue weighted by Crippen LogP contribution is 2.59. The van der Waals surface area contributed by atoms with Crippen molar-refractivity contribution in [2.24, 2.45) is 76.9 Å². The van der Waals surface area contributed by atoms with Crippen LogP contribution in [0.1, 0.15) is 145 Å². The summed E-state index contributed by atoms with van der Waals surface area (Å²) in [4.78, 5) is 96.4. The zero-order chi connectivity index (χ0) is 67.7. The van der Waals surface area contributed by atoms with E-state index in [1.54, 1.807) is 48.5 Å². The number of thioether (sulfide) groups is 2. The van der Waals surface area contributed by atoms with E-state index in [1.807, 2.05) is 18.8 Å². The molecule has 0 aromatic carbocycles. The number of ketones is 7. The Kier molecular flexibility index (Phi) is 23.3. The molecule has 534 valence electrons. The Bertz CT molecular complexity index is 2450. The maximum atomic E-state index is 11.6. The molecule has 95 heavy (non-hydrogen) atoms. The van der Waals surface area contributed by atoms with Crippen LogP contribution >= 0.6 is 23.5 Å². The average Bonchev–Trinajstić information content (AvgIpc) is 1.60. The fourth-order valence-corrected chi connectivity index (χ4v) is 28.1. The molecule has 18 rings (SSSR count). The maximum Gasteiger partial charge on any atom is 0.149 e. The van der Waals surface area contributed by atoms with E-state index in [2.05, 4.69) is 99.0 Å². The van der Waals surface area contributed by atoms with Gasteiger partial charge in [-0.25, -0.2) is 0 Å². The molecule has 0 spiro atoms. The molecule has 8 bridgehead atoms. The van der Waals surface area contributed by atoms with E-state index in [0.717, 1.165) is 111 Å². The van der Waals surface area contributed by atoms with Crippen LogP contribution in [0.3, 0.4) is 0 Å². The highest BCUT2D eigenvalue weighted by Gasteiger charge is 2.61. The predicted octanol–water partition coefficient (Wildman–Crippen LogP) is 6.23. The van der Waals surface area contributed by atoms with Gasteiger partial charge in [-0.15, -0.1) is 0 Å². The first-order chi connectivity index (χ1) is 45.3. The molecule has 29 unspecified atom stereocenters. The van der Waals surface area contributed by atoms with Crippen LogP contribution in [-0.4, -0.2) is 283 Å². The van der Waals surface area contributed by atoms with Crippen molar-refractivity contribution in [1.82, 2.24) is 44.9 Å². The highest BCUT2D eigenvalue weighted by molar-refractivity contribution is 8.01. The number of piperidine rings is 1. The number of nitrogens with zero attached hydrogens (tertiary/aromatic N) is 7. The summed E-state index contributed by atoms with van der Waals surface area (Å²) in [7, 11) is 14.6. The summed E-state index contributed by atoms with van der Waals surface area (Å²) < 4.78 is 11.6. The lowest BCUT2D eigenvalue weighted by Crippen LogP contribution is -2.49. The lowest BCUT2D eigenvalue weighted by Gasteiger charge is -2.29. The van der Waals surface area contributed by atoms with Crippen LogP contribution in [0, 0.1) is 76.9 Å². The lowest BCUT2D eigenvalue weighted by molar-refractivity contribution is -0.126. The fourth-order valence-electron chi connectivity index (χ4n) is 24.4. The summed E-state index contributed by atoms with van der Waals surface area (Å²) in [6, 6.07) is 2.94. The third-order valence-electron chi connectivity index (χ3n) is 27.7. The minimum atomic E-state index is 0.0188. The Hall–Kier alpha value is -2.05. The lowest BCUT2D eigenvalue weighted by atomic mass is 9.77. The zero-order valence-corrected chi connectivity index (χ0v) is 62.2. The van der Waals surface area contributed by atoms with Crippen molar-refractivity contribution in [3.8, 4) is 0 Å². The second kappa shape index (κ2) is 30.5. The van der Waals surface area contributed by atoms with Crippen LogP contribution in [0.2, 0.25) is 0 Å². The van der Waals surface area contributed by atoms with Crippen LogP contribution in [0.4, 0.5) is 0 Å². The first kappa shape index (κ1) is 72.7. The first-order valence-electron chi connectivity index (χ1n) is 37.8. The predicted molar refractivity (Wildman–Crippen MR) is 377 cm³/mol. The first-order valence-corrected chi connectivity index (χ1v) is 39.8. The van der Waals surface area contributed by atoms with Crippen molar-refractivity contribution in [2.45, 2.75) is 239 Å². The number of hydrogen-bond donors (Lipinski definition) is 2. The Morgan fingerprint density at radius 2 is 0.895 bits per heavy atom. The van der Waals surface area contributed by atoms with Gasteiger partial charge in [-0.1, -0.05) is 0 Å². The van der Waals surface area contributed by atoms with Crippen LogP contribution in [0.5, 0.6) is 0 Å². The number of ether oxygens (including phenoxy) is 2. The fraction of sp³-hybridized carbons (Fsp3) is 0.907. The quantitative estimate of drug-likeness (QED) is 0.292. The molecule has 2 aliphatic carbocycles. The number of fused-ring (bicyclic) bond motifs is 23. The van der Waals surface area contributed by atoms with Gasteiger partial charge in [0.25, 0.3) is 0 Å². The standard InChI is InChI=1S/C12H19NO.C11H18N2O.C11H17NO2.C11H17NOS.C10H18N2O.C10H17NO2.C10H17NOS/c1-7(14)12-11-9-4-3-8(5-9)10(11)6-13(12)2;1-6(14)11-10-7(5-13(11)2)8-3-4-9(10)12-8;2*1-6(13)11-10-7(5-12(11)2)8-3-4-9(10)14-8;1-7(13)10-9-8(6-12(10)2)4-3-5-11-9;2*1-7(12)9-10-8(6-11(9)2)4-3-5-13-10/h8-12H,3-6H2,1-2H3;7-12H,3-5H2,1-2H3;2*7-11H,3-5H2,1-2H3;8-11H,3-6H2,1-2H3;2*8-10H,3-6H2,1-2H3. The van der Waals surface area contributed by atoms with E-state index >= 15 is 0 Å². The molecule has 0 aromatic rings. The van der Waals surface area contributed by atoms with E-state index in [4.69, 9.17) is 9.47 Å². The van der Waals surface area contributed by atoms with Crippen molar-refractivity contribution in [3.05, 3.63) is 0 Å². The summed E-state index contributed by atoms with van der Waals surface area (Å²) in [5.41, 5.74) is 0. The largest absolute Gasteiger partial charge is 0.376 e. The van der Waals surface area contributed by atoms with E-state index in [0.29, 0.717) is 106 Å². The van der Waals surface area contributed by atoms with Gasteiger partial charge in [-0.2, -0.15) is 23.5 Å². The number of carbonyl (C=O) groups excluding carboxylic acids is 7. The van der Waals surface area contributed by atoms with Gasteiger partial charge in [-0.05, 0) is 266 Å². The Balaban J connectivity index is 0.000000106. The molecule has 20 heteroatoms. The molecule has 18 fully saturated rings. The summed E-state index contributed by atoms with van der Waals surface area (Å²) in [5.74, 6) is 13.1. The number of Topliss-reactive ketones (excluding diaryl/α,β-unsaturated/α-hetero) is 7. The molecule has 29 atom stereocenters. The van der Waals surface area contributed by atoms with Crippen LogP contribution < -0.4 is 10.6 Å². The Morgan fingerprint density at radius 3 is 1.57 bits per heavy atom. The number of likely N-dealkylation sites (tertiary alicyclic amines) is 7. The smallest absolute Gasteiger partial charge is 0.149 e. The van der Waals surface area contributed by atoms with E-state index < -0.39 is 0 Å². The molecule has 16 saturated heterocycles. The highest BCUT2D eigenvalue weighted by atomic mass is 32.2. The maximum absolute atomic E-state index is 11.6. The second-order valence-corrected chi connectivity index (χ2v) is 36.4. The third-order valence-corrected chi connectivity index (χ3v) is 31.1. The monoisotopic (exact) mass is 1360 g/mol. The molecule has 0 radical (unpaired) electrons. The van der Waals surface area contributed by atoms with E-state index in [-0.39, 0.29) is 54.2 Å². The van der Waals surface area contributed by atoms with Gasteiger partial charge < -0.3 is 20.1 Å². The van der Waals surface area contributed by atoms with Crippen LogP contribution in [0.15, 0.2) is 0 Å². The van der Waals surface area contributed by atoms with Crippen molar-refractivity contribution in [1.29, 1.82) is 0 Å². The molecule has 0 amide bonds. The summed E-state index contributed by atoms with van der Waals surface area (Å²) in [6.45, 7) is 21.8. The molecule has 18 aliphatic rings. The van der Waals surface area contributed by atoms with E-state index in [1.165, 1.54) is 102 Å². The second-order valence-electron chi connectivity index (χ2n) is 33.7. The van der Waals surface area contributed by atoms with Gasteiger partial charge in [0.15, 0.2) is 0 Å². The van der Waals surface area contributed by atoms with Crippen molar-refractivity contribution >= 4 is 64.0 Å². The third kappa shape index (κ3) is 14.4. The van der Waals surface area contributed by atoms with E-state index in [9.17, 15) is 33.6 Å². The molecule has 16 heterocycles. The Labute approximate surface area is 579 Å². The van der Waals surface area contributed by atoms with Gasteiger partial charge in [0.2, 0.25) is 0 Å². The van der Waals surface area contributed by atoms with Gasteiger partial charge in [0.05, 0.1) is 60.6 Å². The molecular weight excluding hydrogens is 1240 g/mol. The number of nitrogens with one attached hydrogen (secondary N) is 2. The number of carbonyl (C=O) groups is 7. The van der Waals surface area contributed by atoms with Gasteiger partial charge in [0.1, 0.15) is 40.5 Å². The van der Waals surface area contributed by atoms with Crippen molar-refractivity contribution in [3.63, 3.8) is 0 Å². The van der Waals surface area contributed by atoms with Gasteiger partial charge >= 0.3 is 0 Å². The summed E-state index contributed by atoms with van der Waals surface area (Å²) in [5, 5.41) is 9.40. The molecule has 16 aliphatic heterocycles. The topological polar surface area (TPSA) is 185 Å². The number of hydrogen-bond acceptors (Lipinski definition) is 20. The van der Waals surface area contributed by atoms with Gasteiger partial charge in [-0.3, -0.25) is 67.9 Å². The number of rotatable bonds is 7. The molecular formula is C75H123N9O9S2. The van der Waals surface area contributed by atoms with Crippen LogP contribution in [-0.2, 0) is 43.0 Å². The zero-order valence-electron chi connectivity index (χ0n) is 60.5. The van der Waals surface area contributed by atoms with Crippen LogP contribution in [0.25, 0.3) is 0 Å². The van der Waals surface area contributed by atoms with Crippen molar-refractivity contribution in [2.75, 3.05) is 114 Å².